The van der Waals surface area contributed by atoms with Gasteiger partial charge in [-0.3, -0.25) is 4.79 Å². The topological polar surface area (TPSA) is 29.5 Å². The van der Waals surface area contributed by atoms with Crippen molar-refractivity contribution >= 4 is 12.0 Å². The first kappa shape index (κ1) is 16.3. The highest BCUT2D eigenvalue weighted by atomic mass is 16.5. The number of benzene rings is 2. The van der Waals surface area contributed by atoms with Crippen LogP contribution in [-0.2, 0) is 4.79 Å². The summed E-state index contributed by atoms with van der Waals surface area (Å²) in [5.41, 5.74) is 2.24. The normalized spacial score (nSPS) is 17.9. The lowest BCUT2D eigenvalue weighted by molar-refractivity contribution is -0.127. The van der Waals surface area contributed by atoms with Crippen molar-refractivity contribution in [2.75, 3.05) is 20.2 Å². The Morgan fingerprint density at radius 2 is 1.88 bits per heavy atom. The number of hydrogen-bond donors (Lipinski definition) is 0. The van der Waals surface area contributed by atoms with Crippen molar-refractivity contribution in [2.45, 2.75) is 18.8 Å². The van der Waals surface area contributed by atoms with Crippen LogP contribution in [0.15, 0.2) is 60.7 Å². The zero-order valence-electron chi connectivity index (χ0n) is 14.0. The third-order valence-corrected chi connectivity index (χ3v) is 4.55. The fraction of sp³-hybridized carbons (Fsp3) is 0.286. The zero-order chi connectivity index (χ0) is 16.8. The van der Waals surface area contributed by atoms with E-state index in [1.165, 1.54) is 5.56 Å². The first-order valence-corrected chi connectivity index (χ1v) is 8.43. The van der Waals surface area contributed by atoms with E-state index < -0.39 is 0 Å². The second kappa shape index (κ2) is 7.82. The minimum Gasteiger partial charge on any atom is -0.496 e. The molecule has 3 rings (SSSR count). The van der Waals surface area contributed by atoms with Crippen LogP contribution in [0, 0.1) is 0 Å². The Bertz CT molecular complexity index is 709. The summed E-state index contributed by atoms with van der Waals surface area (Å²) in [4.78, 5) is 14.5. The summed E-state index contributed by atoms with van der Waals surface area (Å²) in [6.45, 7) is 1.62. The van der Waals surface area contributed by atoms with Gasteiger partial charge in [-0.15, -0.1) is 0 Å². The average molecular weight is 321 g/mol. The van der Waals surface area contributed by atoms with E-state index in [0.29, 0.717) is 5.92 Å². The predicted molar refractivity (Wildman–Crippen MR) is 97.0 cm³/mol. The molecule has 3 heteroatoms. The Hall–Kier alpha value is -2.55. The second-order valence-electron chi connectivity index (χ2n) is 6.11. The highest BCUT2D eigenvalue weighted by Gasteiger charge is 2.23. The minimum atomic E-state index is 0.0709. The molecule has 1 heterocycles. The van der Waals surface area contributed by atoms with E-state index in [0.717, 1.165) is 37.2 Å². The third-order valence-electron chi connectivity index (χ3n) is 4.55. The van der Waals surface area contributed by atoms with Crippen molar-refractivity contribution < 1.29 is 9.53 Å². The molecule has 0 aromatic heterocycles. The van der Waals surface area contributed by atoms with Gasteiger partial charge in [0.25, 0.3) is 0 Å². The van der Waals surface area contributed by atoms with Crippen LogP contribution in [0.1, 0.15) is 29.9 Å². The molecule has 124 valence electrons. The minimum absolute atomic E-state index is 0.0709. The summed E-state index contributed by atoms with van der Waals surface area (Å²) < 4.78 is 5.32. The Labute approximate surface area is 143 Å². The molecule has 0 unspecified atom stereocenters. The summed E-state index contributed by atoms with van der Waals surface area (Å²) in [5.74, 6) is 1.28. The summed E-state index contributed by atoms with van der Waals surface area (Å²) in [6, 6.07) is 18.2. The number of rotatable bonds is 4. The van der Waals surface area contributed by atoms with Gasteiger partial charge in [0, 0.05) is 30.6 Å². The first-order chi connectivity index (χ1) is 11.8. The maximum absolute atomic E-state index is 12.5. The molecule has 3 nitrogen and oxygen atoms in total. The van der Waals surface area contributed by atoms with E-state index in [1.54, 1.807) is 13.2 Å². The molecular formula is C21H23NO2. The molecule has 2 aromatic carbocycles. The molecule has 1 atom stereocenters. The monoisotopic (exact) mass is 321 g/mol. The second-order valence-corrected chi connectivity index (χ2v) is 6.11. The van der Waals surface area contributed by atoms with Gasteiger partial charge in [-0.1, -0.05) is 48.5 Å². The lowest BCUT2D eigenvalue weighted by Gasteiger charge is -2.32. The van der Waals surface area contributed by atoms with Crippen LogP contribution in [0.25, 0.3) is 6.08 Å². The molecule has 1 aliphatic heterocycles. The van der Waals surface area contributed by atoms with Crippen LogP contribution >= 0.6 is 0 Å². The van der Waals surface area contributed by atoms with E-state index >= 15 is 0 Å². The summed E-state index contributed by atoms with van der Waals surface area (Å²) in [6.07, 6.45) is 5.69. The molecule has 0 bridgehead atoms. The maximum atomic E-state index is 12.5. The summed E-state index contributed by atoms with van der Waals surface area (Å²) >= 11 is 0. The molecule has 1 fully saturated rings. The Balaban J connectivity index is 1.67. The van der Waals surface area contributed by atoms with Crippen molar-refractivity contribution in [1.29, 1.82) is 0 Å². The molecular weight excluding hydrogens is 298 g/mol. The molecule has 0 radical (unpaired) electrons. The lowest BCUT2D eigenvalue weighted by Crippen LogP contribution is -2.38. The highest BCUT2D eigenvalue weighted by molar-refractivity contribution is 5.92. The standard InChI is InChI=1S/C21H23NO2/c1-24-20-12-6-5-10-18(20)13-14-21(23)22-15-7-11-19(16-22)17-8-3-2-4-9-17/h2-6,8-10,12-14,19H,7,11,15-16H2,1H3/b14-13-/t19-/m1/s1. The van der Waals surface area contributed by atoms with Crippen molar-refractivity contribution in [2.24, 2.45) is 0 Å². The van der Waals surface area contributed by atoms with Crippen molar-refractivity contribution in [1.82, 2.24) is 4.90 Å². The van der Waals surface area contributed by atoms with Gasteiger partial charge in [-0.05, 0) is 30.5 Å². The molecule has 1 aliphatic rings. The van der Waals surface area contributed by atoms with Gasteiger partial charge in [-0.25, -0.2) is 0 Å². The largest absolute Gasteiger partial charge is 0.496 e. The van der Waals surface area contributed by atoms with Crippen molar-refractivity contribution in [3.8, 4) is 5.75 Å². The number of carbonyl (C=O) groups is 1. The van der Waals surface area contributed by atoms with Crippen molar-refractivity contribution in [3.63, 3.8) is 0 Å². The van der Waals surface area contributed by atoms with E-state index in [9.17, 15) is 4.79 Å². The van der Waals surface area contributed by atoms with Gasteiger partial charge >= 0.3 is 0 Å². The van der Waals surface area contributed by atoms with Gasteiger partial charge in [0.15, 0.2) is 0 Å². The number of piperidine rings is 1. The van der Waals surface area contributed by atoms with Gasteiger partial charge in [0.05, 0.1) is 7.11 Å². The smallest absolute Gasteiger partial charge is 0.246 e. The van der Waals surface area contributed by atoms with Crippen LogP contribution in [0.4, 0.5) is 0 Å². The Morgan fingerprint density at radius 3 is 2.67 bits per heavy atom. The lowest BCUT2D eigenvalue weighted by atomic mass is 9.90. The number of ether oxygens (including phenoxy) is 1. The van der Waals surface area contributed by atoms with E-state index in [1.807, 2.05) is 41.3 Å². The number of amides is 1. The molecule has 0 spiro atoms. The number of para-hydroxylation sites is 1. The number of nitrogens with zero attached hydrogens (tertiary/aromatic N) is 1. The Kier molecular flexibility index (Phi) is 5.32. The van der Waals surface area contributed by atoms with Crippen LogP contribution in [-0.4, -0.2) is 31.0 Å². The average Bonchev–Trinajstić information content (AvgIpc) is 2.67. The van der Waals surface area contributed by atoms with Gasteiger partial charge in [-0.2, -0.15) is 0 Å². The van der Waals surface area contributed by atoms with E-state index in [4.69, 9.17) is 4.74 Å². The number of methoxy groups -OCH3 is 1. The van der Waals surface area contributed by atoms with Crippen LogP contribution in [0.2, 0.25) is 0 Å². The molecule has 2 aromatic rings. The molecule has 1 amide bonds. The van der Waals surface area contributed by atoms with Crippen LogP contribution in [0.3, 0.4) is 0 Å². The van der Waals surface area contributed by atoms with Crippen molar-refractivity contribution in [3.05, 3.63) is 71.8 Å². The SMILES string of the molecule is COc1ccccc1/C=C\C(=O)N1CCC[C@@H](c2ccccc2)C1. The quantitative estimate of drug-likeness (QED) is 0.793. The summed E-state index contributed by atoms with van der Waals surface area (Å²) in [7, 11) is 1.64. The molecule has 24 heavy (non-hydrogen) atoms. The summed E-state index contributed by atoms with van der Waals surface area (Å²) in [5, 5.41) is 0. The molecule has 0 aliphatic carbocycles. The fourth-order valence-electron chi connectivity index (χ4n) is 3.25. The van der Waals surface area contributed by atoms with Gasteiger partial charge < -0.3 is 9.64 Å². The molecule has 0 saturated carbocycles. The van der Waals surface area contributed by atoms with Gasteiger partial charge in [0.1, 0.15) is 5.75 Å². The predicted octanol–water partition coefficient (Wildman–Crippen LogP) is 4.11. The fourth-order valence-corrected chi connectivity index (χ4v) is 3.25. The van der Waals surface area contributed by atoms with E-state index in [2.05, 4.69) is 24.3 Å². The van der Waals surface area contributed by atoms with Crippen LogP contribution < -0.4 is 4.74 Å². The molecule has 0 N–H and O–H groups in total. The number of hydrogen-bond acceptors (Lipinski definition) is 2. The zero-order valence-corrected chi connectivity index (χ0v) is 14.0. The first-order valence-electron chi connectivity index (χ1n) is 8.43. The van der Waals surface area contributed by atoms with Crippen LogP contribution in [0.5, 0.6) is 5.75 Å². The number of likely N-dealkylation sites (tertiary alicyclic amines) is 1. The van der Waals surface area contributed by atoms with Gasteiger partial charge in [0.2, 0.25) is 5.91 Å². The molecule has 1 saturated heterocycles. The number of carbonyl (C=O) groups excluding carboxylic acids is 1. The highest BCUT2D eigenvalue weighted by Crippen LogP contribution is 2.27. The van der Waals surface area contributed by atoms with E-state index in [-0.39, 0.29) is 5.91 Å². The Morgan fingerprint density at radius 1 is 1.12 bits per heavy atom. The maximum Gasteiger partial charge on any atom is 0.246 e. The third kappa shape index (κ3) is 3.85.